The second-order valence-corrected chi connectivity index (χ2v) is 7.37. The van der Waals surface area contributed by atoms with Crippen molar-refractivity contribution in [2.45, 2.75) is 23.8 Å². The van der Waals surface area contributed by atoms with E-state index in [0.717, 1.165) is 18.4 Å². The molecule has 1 aromatic carbocycles. The van der Waals surface area contributed by atoms with Crippen molar-refractivity contribution in [3.05, 3.63) is 60.2 Å². The molecule has 4 rings (SSSR count). The molecule has 1 aliphatic rings. The minimum atomic E-state index is -3.88. The molecular formula is C17H14FN3O2S. The zero-order valence-corrected chi connectivity index (χ0v) is 13.4. The Morgan fingerprint density at radius 2 is 1.79 bits per heavy atom. The molecule has 0 radical (unpaired) electrons. The monoisotopic (exact) mass is 343 g/mol. The molecule has 7 heteroatoms. The molecule has 0 aliphatic heterocycles. The number of hydrogen-bond acceptors (Lipinski definition) is 4. The maximum atomic E-state index is 13.9. The highest BCUT2D eigenvalue weighted by Gasteiger charge is 2.31. The summed E-state index contributed by atoms with van der Waals surface area (Å²) in [5.41, 5.74) is 1.23. The molecule has 1 aliphatic carbocycles. The van der Waals surface area contributed by atoms with Crippen molar-refractivity contribution < 1.29 is 12.8 Å². The highest BCUT2D eigenvalue weighted by Crippen LogP contribution is 2.42. The number of pyridine rings is 2. The number of nitrogens with one attached hydrogen (secondary N) is 1. The molecule has 1 N–H and O–H groups in total. The normalized spacial score (nSPS) is 14.7. The first kappa shape index (κ1) is 15.0. The molecule has 0 atom stereocenters. The van der Waals surface area contributed by atoms with Crippen LogP contribution >= 0.6 is 0 Å². The average Bonchev–Trinajstić information content (AvgIpc) is 3.43. The van der Waals surface area contributed by atoms with Gasteiger partial charge < -0.3 is 0 Å². The van der Waals surface area contributed by atoms with E-state index in [2.05, 4.69) is 14.7 Å². The van der Waals surface area contributed by atoms with Gasteiger partial charge in [0.2, 0.25) is 0 Å². The van der Waals surface area contributed by atoms with E-state index in [4.69, 9.17) is 0 Å². The minimum absolute atomic E-state index is 0.0286. The Bertz CT molecular complexity index is 1030. The first-order valence-corrected chi connectivity index (χ1v) is 9.05. The lowest BCUT2D eigenvalue weighted by molar-refractivity contribution is 0.596. The van der Waals surface area contributed by atoms with Gasteiger partial charge in [-0.2, -0.15) is 8.42 Å². The SMILES string of the molecule is O=S(=O)(Nc1ccc(F)c2cccnc12)c1ncccc1C1CC1. The third-order valence-corrected chi connectivity index (χ3v) is 5.37. The summed E-state index contributed by atoms with van der Waals surface area (Å²) in [5.74, 6) is -0.203. The van der Waals surface area contributed by atoms with Crippen LogP contribution in [0.15, 0.2) is 53.8 Å². The Balaban J connectivity index is 1.80. The first-order chi connectivity index (χ1) is 11.6. The van der Waals surface area contributed by atoms with Crippen molar-refractivity contribution in [3.8, 4) is 0 Å². The molecule has 2 aromatic heterocycles. The van der Waals surface area contributed by atoms with Gasteiger partial charge in [-0.15, -0.1) is 0 Å². The molecule has 2 heterocycles. The lowest BCUT2D eigenvalue weighted by atomic mass is 10.2. The van der Waals surface area contributed by atoms with Gasteiger partial charge in [0.05, 0.1) is 11.2 Å². The quantitative estimate of drug-likeness (QED) is 0.787. The van der Waals surface area contributed by atoms with Crippen molar-refractivity contribution >= 4 is 26.6 Å². The highest BCUT2D eigenvalue weighted by molar-refractivity contribution is 7.92. The predicted molar refractivity (Wildman–Crippen MR) is 88.7 cm³/mol. The number of rotatable bonds is 4. The molecule has 0 amide bonds. The van der Waals surface area contributed by atoms with Crippen LogP contribution in [0.4, 0.5) is 10.1 Å². The van der Waals surface area contributed by atoms with Gasteiger partial charge in [0.25, 0.3) is 10.0 Å². The van der Waals surface area contributed by atoms with E-state index in [1.54, 1.807) is 24.3 Å². The molecular weight excluding hydrogens is 329 g/mol. The Hall–Kier alpha value is -2.54. The molecule has 1 fully saturated rings. The standard InChI is InChI=1S/C17H14FN3O2S/c18-14-7-8-15(16-13(14)4-2-9-19-16)21-24(22,23)17-12(11-5-6-11)3-1-10-20-17/h1-4,7-11,21H,5-6H2. The molecule has 0 unspecified atom stereocenters. The highest BCUT2D eigenvalue weighted by atomic mass is 32.2. The fraction of sp³-hybridized carbons (Fsp3) is 0.176. The molecule has 24 heavy (non-hydrogen) atoms. The minimum Gasteiger partial charge on any atom is -0.276 e. The van der Waals surface area contributed by atoms with E-state index < -0.39 is 15.8 Å². The van der Waals surface area contributed by atoms with Crippen molar-refractivity contribution in [1.29, 1.82) is 0 Å². The van der Waals surface area contributed by atoms with Crippen LogP contribution in [0.3, 0.4) is 0 Å². The summed E-state index contributed by atoms with van der Waals surface area (Å²) in [6.07, 6.45) is 4.89. The lowest BCUT2D eigenvalue weighted by Crippen LogP contribution is -2.17. The van der Waals surface area contributed by atoms with Crippen molar-refractivity contribution in [2.24, 2.45) is 0 Å². The van der Waals surface area contributed by atoms with Crippen LogP contribution in [0.5, 0.6) is 0 Å². The largest absolute Gasteiger partial charge is 0.279 e. The molecule has 122 valence electrons. The van der Waals surface area contributed by atoms with Crippen molar-refractivity contribution in [2.75, 3.05) is 4.72 Å². The number of sulfonamides is 1. The van der Waals surface area contributed by atoms with Gasteiger partial charge in [0, 0.05) is 17.8 Å². The second kappa shape index (κ2) is 5.52. The van der Waals surface area contributed by atoms with Crippen LogP contribution in [-0.4, -0.2) is 18.4 Å². The van der Waals surface area contributed by atoms with Crippen LogP contribution in [-0.2, 0) is 10.0 Å². The van der Waals surface area contributed by atoms with Crippen LogP contribution < -0.4 is 4.72 Å². The summed E-state index contributed by atoms with van der Waals surface area (Å²) in [5, 5.41) is 0.294. The Morgan fingerprint density at radius 1 is 1.04 bits per heavy atom. The van der Waals surface area contributed by atoms with Gasteiger partial charge in [-0.1, -0.05) is 6.07 Å². The van der Waals surface area contributed by atoms with Gasteiger partial charge in [-0.25, -0.2) is 9.37 Å². The summed E-state index contributed by atoms with van der Waals surface area (Å²) in [7, 11) is -3.88. The summed E-state index contributed by atoms with van der Waals surface area (Å²) < 4.78 is 42.0. The van der Waals surface area contributed by atoms with Gasteiger partial charge in [0.1, 0.15) is 5.82 Å². The summed E-state index contributed by atoms with van der Waals surface area (Å²) in [4.78, 5) is 8.16. The van der Waals surface area contributed by atoms with Gasteiger partial charge >= 0.3 is 0 Å². The summed E-state index contributed by atoms with van der Waals surface area (Å²) in [6, 6.07) is 9.30. The van der Waals surface area contributed by atoms with Crippen molar-refractivity contribution in [3.63, 3.8) is 0 Å². The predicted octanol–water partition coefficient (Wildman–Crippen LogP) is 3.45. The Morgan fingerprint density at radius 3 is 2.58 bits per heavy atom. The van der Waals surface area contributed by atoms with Gasteiger partial charge in [-0.3, -0.25) is 9.71 Å². The van der Waals surface area contributed by atoms with E-state index in [1.165, 1.54) is 24.5 Å². The number of anilines is 1. The number of halogens is 1. The number of aromatic nitrogens is 2. The molecule has 3 aromatic rings. The maximum absolute atomic E-state index is 13.9. The molecule has 0 saturated heterocycles. The first-order valence-electron chi connectivity index (χ1n) is 7.57. The van der Waals surface area contributed by atoms with Gasteiger partial charge in [-0.05, 0) is 54.7 Å². The van der Waals surface area contributed by atoms with Crippen LogP contribution in [0.2, 0.25) is 0 Å². The fourth-order valence-corrected chi connectivity index (χ4v) is 4.04. The molecule has 5 nitrogen and oxygen atoms in total. The topological polar surface area (TPSA) is 72.0 Å². The van der Waals surface area contributed by atoms with Crippen LogP contribution in [0.1, 0.15) is 24.3 Å². The molecule has 1 saturated carbocycles. The molecule has 0 bridgehead atoms. The van der Waals surface area contributed by atoms with Gasteiger partial charge in [0.15, 0.2) is 5.03 Å². The average molecular weight is 343 g/mol. The Labute approximate surface area is 138 Å². The van der Waals surface area contributed by atoms with Crippen LogP contribution in [0, 0.1) is 5.82 Å². The van der Waals surface area contributed by atoms with Crippen molar-refractivity contribution in [1.82, 2.24) is 9.97 Å². The number of benzene rings is 1. The number of nitrogens with zero attached hydrogens (tertiary/aromatic N) is 2. The van der Waals surface area contributed by atoms with Crippen LogP contribution in [0.25, 0.3) is 10.9 Å². The summed E-state index contributed by atoms with van der Waals surface area (Å²) >= 11 is 0. The van der Waals surface area contributed by atoms with E-state index in [0.29, 0.717) is 0 Å². The van der Waals surface area contributed by atoms with E-state index in [9.17, 15) is 12.8 Å². The zero-order chi connectivity index (χ0) is 16.7. The second-order valence-electron chi connectivity index (χ2n) is 5.77. The summed E-state index contributed by atoms with van der Waals surface area (Å²) in [6.45, 7) is 0. The molecule has 0 spiro atoms. The third kappa shape index (κ3) is 2.60. The third-order valence-electron chi connectivity index (χ3n) is 4.03. The van der Waals surface area contributed by atoms with E-state index in [1.807, 2.05) is 0 Å². The maximum Gasteiger partial charge on any atom is 0.279 e. The van der Waals surface area contributed by atoms with E-state index in [-0.39, 0.29) is 27.5 Å². The van der Waals surface area contributed by atoms with E-state index >= 15 is 0 Å². The fourth-order valence-electron chi connectivity index (χ4n) is 2.75. The lowest BCUT2D eigenvalue weighted by Gasteiger charge is -2.12. The Kier molecular flexibility index (Phi) is 3.45. The zero-order valence-electron chi connectivity index (χ0n) is 12.6. The smallest absolute Gasteiger partial charge is 0.276 e. The number of hydrogen-bond donors (Lipinski definition) is 1. The number of fused-ring (bicyclic) bond motifs is 1.